The van der Waals surface area contributed by atoms with Gasteiger partial charge in [-0.25, -0.2) is 17.9 Å². The first-order valence-corrected chi connectivity index (χ1v) is 9.45. The summed E-state index contributed by atoms with van der Waals surface area (Å²) in [6.07, 6.45) is 0.429. The van der Waals surface area contributed by atoms with E-state index in [0.717, 1.165) is 0 Å². The summed E-state index contributed by atoms with van der Waals surface area (Å²) < 4.78 is 36.3. The molecule has 0 aliphatic carbocycles. The number of benzene rings is 1. The smallest absolute Gasteiger partial charge is 0.333 e. The SMILES string of the molecule is C=C(C)C(=O)OCCOc1ccc(S(=O)(=O)NC(=O)CCCCl)cc1. The molecule has 0 saturated heterocycles. The molecule has 0 aromatic heterocycles. The molecule has 0 fully saturated rings. The summed E-state index contributed by atoms with van der Waals surface area (Å²) >= 11 is 5.46. The Balaban J connectivity index is 2.53. The van der Waals surface area contributed by atoms with Gasteiger partial charge in [-0.2, -0.15) is 0 Å². The third kappa shape index (κ3) is 7.57. The zero-order valence-corrected chi connectivity index (χ0v) is 15.4. The molecule has 0 atom stereocenters. The summed E-state index contributed by atoms with van der Waals surface area (Å²) in [6.45, 7) is 5.15. The first kappa shape index (κ1) is 21.0. The highest BCUT2D eigenvalue weighted by molar-refractivity contribution is 7.90. The van der Waals surface area contributed by atoms with E-state index < -0.39 is 21.9 Å². The number of rotatable bonds is 10. The van der Waals surface area contributed by atoms with Gasteiger partial charge in [-0.05, 0) is 37.6 Å². The predicted molar refractivity (Wildman–Crippen MR) is 93.0 cm³/mol. The van der Waals surface area contributed by atoms with Crippen molar-refractivity contribution in [1.29, 1.82) is 0 Å². The molecule has 0 saturated carbocycles. The Morgan fingerprint density at radius 1 is 1.20 bits per heavy atom. The second-order valence-electron chi connectivity index (χ2n) is 5.06. The minimum Gasteiger partial charge on any atom is -0.490 e. The summed E-state index contributed by atoms with van der Waals surface area (Å²) in [7, 11) is -3.93. The summed E-state index contributed by atoms with van der Waals surface area (Å²) in [6, 6.07) is 5.51. The van der Waals surface area contributed by atoms with Crippen molar-refractivity contribution in [1.82, 2.24) is 4.72 Å². The third-order valence-electron chi connectivity index (χ3n) is 2.85. The highest BCUT2D eigenvalue weighted by Gasteiger charge is 2.17. The minimum absolute atomic E-state index is 0.0346. The van der Waals surface area contributed by atoms with Gasteiger partial charge in [0.2, 0.25) is 5.91 Å². The molecule has 25 heavy (non-hydrogen) atoms. The van der Waals surface area contributed by atoms with E-state index in [-0.39, 0.29) is 30.4 Å². The molecule has 1 aromatic carbocycles. The Morgan fingerprint density at radius 3 is 2.40 bits per heavy atom. The number of hydrogen-bond donors (Lipinski definition) is 1. The molecule has 0 heterocycles. The van der Waals surface area contributed by atoms with Crippen LogP contribution in [0.25, 0.3) is 0 Å². The van der Waals surface area contributed by atoms with E-state index in [4.69, 9.17) is 21.1 Å². The van der Waals surface area contributed by atoms with Crippen LogP contribution in [-0.2, 0) is 24.3 Å². The van der Waals surface area contributed by atoms with E-state index >= 15 is 0 Å². The van der Waals surface area contributed by atoms with Gasteiger partial charge in [-0.3, -0.25) is 4.79 Å². The van der Waals surface area contributed by atoms with Crippen LogP contribution in [0.2, 0.25) is 0 Å². The fourth-order valence-electron chi connectivity index (χ4n) is 1.62. The largest absolute Gasteiger partial charge is 0.490 e. The van der Waals surface area contributed by atoms with Crippen molar-refractivity contribution in [3.63, 3.8) is 0 Å². The van der Waals surface area contributed by atoms with Crippen LogP contribution in [0.5, 0.6) is 5.75 Å². The number of sulfonamides is 1. The van der Waals surface area contributed by atoms with Crippen LogP contribution in [0.3, 0.4) is 0 Å². The number of carbonyl (C=O) groups excluding carboxylic acids is 2. The molecule has 0 spiro atoms. The lowest BCUT2D eigenvalue weighted by Gasteiger charge is -2.09. The highest BCUT2D eigenvalue weighted by atomic mass is 35.5. The van der Waals surface area contributed by atoms with Gasteiger partial charge in [0.15, 0.2) is 0 Å². The van der Waals surface area contributed by atoms with E-state index in [1.807, 2.05) is 4.72 Å². The van der Waals surface area contributed by atoms with Gasteiger partial charge in [-0.15, -0.1) is 11.6 Å². The van der Waals surface area contributed by atoms with E-state index in [1.54, 1.807) is 0 Å². The van der Waals surface area contributed by atoms with Crippen molar-refractivity contribution >= 4 is 33.5 Å². The van der Waals surface area contributed by atoms with Crippen molar-refractivity contribution in [2.24, 2.45) is 0 Å². The summed E-state index contributed by atoms with van der Waals surface area (Å²) in [5.74, 6) is -0.435. The van der Waals surface area contributed by atoms with Gasteiger partial charge in [0, 0.05) is 17.9 Å². The van der Waals surface area contributed by atoms with Crippen molar-refractivity contribution < 1.29 is 27.5 Å². The van der Waals surface area contributed by atoms with Crippen LogP contribution in [0, 0.1) is 0 Å². The molecular weight excluding hydrogens is 370 g/mol. The average molecular weight is 390 g/mol. The molecule has 7 nitrogen and oxygen atoms in total. The minimum atomic E-state index is -3.93. The van der Waals surface area contributed by atoms with Crippen molar-refractivity contribution in [2.45, 2.75) is 24.7 Å². The van der Waals surface area contributed by atoms with Crippen LogP contribution in [0.1, 0.15) is 19.8 Å². The van der Waals surface area contributed by atoms with Crippen molar-refractivity contribution in [2.75, 3.05) is 19.1 Å². The molecule has 0 bridgehead atoms. The molecular formula is C16H20ClNO6S. The summed E-state index contributed by atoms with van der Waals surface area (Å²) in [5.41, 5.74) is 0.294. The number of halogens is 1. The van der Waals surface area contributed by atoms with Gasteiger partial charge in [0.25, 0.3) is 10.0 Å². The third-order valence-corrected chi connectivity index (χ3v) is 4.51. The van der Waals surface area contributed by atoms with Crippen LogP contribution in [-0.4, -0.2) is 39.4 Å². The number of esters is 1. The van der Waals surface area contributed by atoms with E-state index in [0.29, 0.717) is 17.7 Å². The van der Waals surface area contributed by atoms with Gasteiger partial charge in [0.05, 0.1) is 4.90 Å². The number of nitrogens with one attached hydrogen (secondary N) is 1. The maximum Gasteiger partial charge on any atom is 0.333 e. The fraction of sp³-hybridized carbons (Fsp3) is 0.375. The second-order valence-corrected chi connectivity index (χ2v) is 7.12. The van der Waals surface area contributed by atoms with E-state index in [9.17, 15) is 18.0 Å². The normalized spacial score (nSPS) is 10.8. The lowest BCUT2D eigenvalue weighted by Crippen LogP contribution is -2.30. The maximum atomic E-state index is 12.0. The van der Waals surface area contributed by atoms with Gasteiger partial charge in [0.1, 0.15) is 19.0 Å². The van der Waals surface area contributed by atoms with Gasteiger partial charge >= 0.3 is 5.97 Å². The molecule has 138 valence electrons. The van der Waals surface area contributed by atoms with E-state index in [2.05, 4.69) is 6.58 Å². The van der Waals surface area contributed by atoms with Crippen LogP contribution in [0.15, 0.2) is 41.3 Å². The monoisotopic (exact) mass is 389 g/mol. The summed E-state index contributed by atoms with van der Waals surface area (Å²) in [5, 5.41) is 0. The molecule has 1 aromatic rings. The van der Waals surface area contributed by atoms with Crippen molar-refractivity contribution in [3.05, 3.63) is 36.4 Å². The molecule has 0 aliphatic heterocycles. The molecule has 0 radical (unpaired) electrons. The molecule has 0 unspecified atom stereocenters. The zero-order valence-electron chi connectivity index (χ0n) is 13.8. The Labute approximate surface area is 152 Å². The fourth-order valence-corrected chi connectivity index (χ4v) is 2.77. The first-order chi connectivity index (χ1) is 11.8. The maximum absolute atomic E-state index is 12.0. The van der Waals surface area contributed by atoms with Crippen LogP contribution < -0.4 is 9.46 Å². The molecule has 0 aliphatic rings. The van der Waals surface area contributed by atoms with Crippen molar-refractivity contribution in [3.8, 4) is 5.75 Å². The Bertz CT molecular complexity index is 715. The van der Waals surface area contributed by atoms with Gasteiger partial charge < -0.3 is 9.47 Å². The Kier molecular flexibility index (Phi) is 8.44. The molecule has 1 N–H and O–H groups in total. The predicted octanol–water partition coefficient (Wildman–Crippen LogP) is 2.01. The topological polar surface area (TPSA) is 98.8 Å². The number of hydrogen-bond acceptors (Lipinski definition) is 6. The highest BCUT2D eigenvalue weighted by Crippen LogP contribution is 2.16. The standard InChI is InChI=1S/C16H20ClNO6S/c1-12(2)16(20)24-11-10-23-13-5-7-14(8-6-13)25(21,22)18-15(19)4-3-9-17/h5-8H,1,3-4,9-11H2,2H3,(H,18,19). The molecule has 9 heteroatoms. The second kappa shape index (κ2) is 10.0. The van der Waals surface area contributed by atoms with Crippen LogP contribution in [0.4, 0.5) is 0 Å². The van der Waals surface area contributed by atoms with Crippen LogP contribution >= 0.6 is 11.6 Å². The lowest BCUT2D eigenvalue weighted by molar-refractivity contribution is -0.139. The Morgan fingerprint density at radius 2 is 1.84 bits per heavy atom. The molecule has 1 rings (SSSR count). The number of amides is 1. The number of ether oxygens (including phenoxy) is 2. The quantitative estimate of drug-likeness (QED) is 0.284. The average Bonchev–Trinajstić information content (AvgIpc) is 2.56. The Hall–Kier alpha value is -2.06. The molecule has 1 amide bonds. The number of alkyl halides is 1. The number of carbonyl (C=O) groups is 2. The first-order valence-electron chi connectivity index (χ1n) is 7.43. The van der Waals surface area contributed by atoms with Gasteiger partial charge in [-0.1, -0.05) is 6.58 Å². The lowest BCUT2D eigenvalue weighted by atomic mass is 10.3. The summed E-state index contributed by atoms with van der Waals surface area (Å²) in [4.78, 5) is 22.6. The van der Waals surface area contributed by atoms with E-state index in [1.165, 1.54) is 31.2 Å². The zero-order chi connectivity index (χ0) is 18.9.